The van der Waals surface area contributed by atoms with Crippen LogP contribution in [0.1, 0.15) is 47.2 Å². The van der Waals surface area contributed by atoms with Crippen molar-refractivity contribution >= 4 is 29.9 Å². The van der Waals surface area contributed by atoms with Gasteiger partial charge in [-0.1, -0.05) is 12.1 Å². The molecule has 2 aliphatic rings. The Balaban J connectivity index is 1.23. The van der Waals surface area contributed by atoms with Crippen molar-refractivity contribution in [1.82, 2.24) is 9.80 Å². The maximum atomic E-state index is 12.9. The van der Waals surface area contributed by atoms with E-state index < -0.39 is 6.04 Å². The SMILES string of the molecule is O=CCCC(C=O)N1Cc2c(CCCCN3CCN(c4ccc([N+](=O)[O-])cc4)CC3)cccc2C1=O. The van der Waals surface area contributed by atoms with Gasteiger partial charge in [0.2, 0.25) is 0 Å². The van der Waals surface area contributed by atoms with E-state index in [1.165, 1.54) is 0 Å². The van der Waals surface area contributed by atoms with Crippen LogP contribution in [0.25, 0.3) is 0 Å². The van der Waals surface area contributed by atoms with Crippen LogP contribution >= 0.6 is 0 Å². The summed E-state index contributed by atoms with van der Waals surface area (Å²) in [5, 5.41) is 10.9. The topological polar surface area (TPSA) is 104 Å². The summed E-state index contributed by atoms with van der Waals surface area (Å²) in [6.45, 7) is 5.13. The molecule has 2 aromatic rings. The van der Waals surface area contributed by atoms with Gasteiger partial charge >= 0.3 is 0 Å². The first kappa shape index (κ1) is 25.5. The third-order valence-corrected chi connectivity index (χ3v) is 7.20. The number of carbonyl (C=O) groups is 3. The minimum Gasteiger partial charge on any atom is -0.369 e. The third kappa shape index (κ3) is 5.79. The number of carbonyl (C=O) groups excluding carboxylic acids is 3. The van der Waals surface area contributed by atoms with E-state index in [1.54, 1.807) is 17.0 Å². The number of amides is 1. The highest BCUT2D eigenvalue weighted by molar-refractivity contribution is 6.00. The summed E-state index contributed by atoms with van der Waals surface area (Å²) in [6, 6.07) is 12.0. The Morgan fingerprint density at radius 1 is 1.00 bits per heavy atom. The number of benzene rings is 2. The molecule has 1 atom stereocenters. The van der Waals surface area contributed by atoms with E-state index in [-0.39, 0.29) is 22.9 Å². The second kappa shape index (κ2) is 11.9. The average molecular weight is 493 g/mol. The Hall–Kier alpha value is -3.59. The number of fused-ring (bicyclic) bond motifs is 1. The number of nitro groups is 1. The molecule has 1 unspecified atom stereocenters. The van der Waals surface area contributed by atoms with Gasteiger partial charge in [-0.25, -0.2) is 0 Å². The van der Waals surface area contributed by atoms with E-state index in [2.05, 4.69) is 15.9 Å². The normalized spacial score (nSPS) is 16.6. The Bertz CT molecular complexity index is 1100. The molecule has 0 N–H and O–H groups in total. The number of aldehydes is 2. The van der Waals surface area contributed by atoms with Gasteiger partial charge in [-0.3, -0.25) is 19.8 Å². The highest BCUT2D eigenvalue weighted by Crippen LogP contribution is 2.29. The number of nitro benzene ring substituents is 1. The Morgan fingerprint density at radius 2 is 1.75 bits per heavy atom. The van der Waals surface area contributed by atoms with E-state index >= 15 is 0 Å². The number of rotatable bonds is 12. The Kier molecular flexibility index (Phi) is 8.43. The Labute approximate surface area is 210 Å². The number of unbranched alkanes of at least 4 members (excludes halogenated alkanes) is 1. The fourth-order valence-electron chi connectivity index (χ4n) is 5.12. The maximum Gasteiger partial charge on any atom is 0.269 e. The van der Waals surface area contributed by atoms with Crippen LogP contribution in [0.15, 0.2) is 42.5 Å². The second-order valence-electron chi connectivity index (χ2n) is 9.38. The first-order valence-corrected chi connectivity index (χ1v) is 12.5. The lowest BCUT2D eigenvalue weighted by Crippen LogP contribution is -2.46. The molecule has 9 nitrogen and oxygen atoms in total. The van der Waals surface area contributed by atoms with E-state index in [4.69, 9.17) is 0 Å². The van der Waals surface area contributed by atoms with Crippen LogP contribution in [0, 0.1) is 10.1 Å². The van der Waals surface area contributed by atoms with Crippen LogP contribution in [0.4, 0.5) is 11.4 Å². The number of hydrogen-bond acceptors (Lipinski definition) is 7. The van der Waals surface area contributed by atoms with Crippen LogP contribution in [-0.2, 0) is 22.6 Å². The molecule has 2 aliphatic heterocycles. The van der Waals surface area contributed by atoms with Gasteiger partial charge in [0, 0.05) is 62.5 Å². The number of hydrogen-bond donors (Lipinski definition) is 0. The molecule has 1 amide bonds. The van der Waals surface area contributed by atoms with Gasteiger partial charge in [-0.05, 0) is 61.6 Å². The highest BCUT2D eigenvalue weighted by Gasteiger charge is 2.33. The van der Waals surface area contributed by atoms with Gasteiger partial charge in [0.15, 0.2) is 0 Å². The predicted molar refractivity (Wildman–Crippen MR) is 136 cm³/mol. The molecule has 4 rings (SSSR count). The van der Waals surface area contributed by atoms with Crippen molar-refractivity contribution in [2.24, 2.45) is 0 Å². The second-order valence-corrected chi connectivity index (χ2v) is 9.38. The molecule has 9 heteroatoms. The monoisotopic (exact) mass is 492 g/mol. The molecule has 0 spiro atoms. The van der Waals surface area contributed by atoms with E-state index in [0.717, 1.165) is 81.4 Å². The highest BCUT2D eigenvalue weighted by atomic mass is 16.6. The quantitative estimate of drug-likeness (QED) is 0.194. The average Bonchev–Trinajstić information content (AvgIpc) is 3.24. The van der Waals surface area contributed by atoms with Crippen LogP contribution in [0.5, 0.6) is 0 Å². The van der Waals surface area contributed by atoms with Crippen LogP contribution < -0.4 is 4.90 Å². The third-order valence-electron chi connectivity index (χ3n) is 7.20. The van der Waals surface area contributed by atoms with Crippen LogP contribution in [0.2, 0.25) is 0 Å². The molecule has 1 fully saturated rings. The van der Waals surface area contributed by atoms with Crippen molar-refractivity contribution in [2.45, 2.75) is 44.7 Å². The van der Waals surface area contributed by atoms with Crippen molar-refractivity contribution in [2.75, 3.05) is 37.6 Å². The lowest BCUT2D eigenvalue weighted by molar-refractivity contribution is -0.384. The van der Waals surface area contributed by atoms with Crippen molar-refractivity contribution in [3.05, 3.63) is 69.3 Å². The molecule has 2 heterocycles. The fourth-order valence-corrected chi connectivity index (χ4v) is 5.12. The molecule has 0 aromatic heterocycles. The molecule has 0 aliphatic carbocycles. The summed E-state index contributed by atoms with van der Waals surface area (Å²) in [7, 11) is 0. The predicted octanol–water partition coefficient (Wildman–Crippen LogP) is 3.24. The van der Waals surface area contributed by atoms with E-state index in [1.807, 2.05) is 24.3 Å². The van der Waals surface area contributed by atoms with E-state index in [0.29, 0.717) is 18.5 Å². The van der Waals surface area contributed by atoms with Gasteiger partial charge in [-0.2, -0.15) is 0 Å². The lowest BCUT2D eigenvalue weighted by Gasteiger charge is -2.36. The molecular formula is C27H32N4O5. The molecule has 0 saturated carbocycles. The summed E-state index contributed by atoms with van der Waals surface area (Å²) in [5.41, 5.74) is 3.97. The maximum absolute atomic E-state index is 12.9. The van der Waals surface area contributed by atoms with Crippen molar-refractivity contribution in [3.63, 3.8) is 0 Å². The summed E-state index contributed by atoms with van der Waals surface area (Å²) < 4.78 is 0. The molecule has 1 saturated heterocycles. The minimum atomic E-state index is -0.562. The van der Waals surface area contributed by atoms with E-state index in [9.17, 15) is 24.5 Å². The van der Waals surface area contributed by atoms with Crippen molar-refractivity contribution in [1.29, 1.82) is 0 Å². The zero-order valence-corrected chi connectivity index (χ0v) is 20.4. The number of non-ortho nitro benzene ring substituents is 1. The number of nitrogens with zero attached hydrogens (tertiary/aromatic N) is 4. The summed E-state index contributed by atoms with van der Waals surface area (Å²) in [6.07, 6.45) is 5.12. The van der Waals surface area contributed by atoms with Crippen LogP contribution in [0.3, 0.4) is 0 Å². The first-order valence-electron chi connectivity index (χ1n) is 12.5. The van der Waals surface area contributed by atoms with Gasteiger partial charge in [0.1, 0.15) is 12.6 Å². The summed E-state index contributed by atoms with van der Waals surface area (Å²) >= 11 is 0. The van der Waals surface area contributed by atoms with Gasteiger partial charge in [0.05, 0.1) is 11.0 Å². The first-order chi connectivity index (χ1) is 17.5. The Morgan fingerprint density at radius 3 is 2.42 bits per heavy atom. The molecule has 190 valence electrons. The summed E-state index contributed by atoms with van der Waals surface area (Å²) in [4.78, 5) is 51.9. The number of anilines is 1. The van der Waals surface area contributed by atoms with Crippen LogP contribution in [-0.4, -0.2) is 72.0 Å². The minimum absolute atomic E-state index is 0.111. The zero-order chi connectivity index (χ0) is 25.5. The number of piperazine rings is 1. The van der Waals surface area contributed by atoms with Gasteiger partial charge < -0.3 is 19.4 Å². The van der Waals surface area contributed by atoms with Gasteiger partial charge in [-0.15, -0.1) is 0 Å². The molecule has 36 heavy (non-hydrogen) atoms. The smallest absolute Gasteiger partial charge is 0.269 e. The molecule has 2 aromatic carbocycles. The fraction of sp³-hybridized carbons (Fsp3) is 0.444. The molecule has 0 bridgehead atoms. The molecular weight excluding hydrogens is 460 g/mol. The van der Waals surface area contributed by atoms with Gasteiger partial charge in [0.25, 0.3) is 11.6 Å². The standard InChI is InChI=1S/C27H32N4O5/c32-18-4-7-24(20-33)30-19-26-21(6-3-8-25(26)27(30)34)5-1-2-13-28-14-16-29(17-15-28)22-9-11-23(12-10-22)31(35)36/h3,6,8-12,18,20,24H,1-2,4-5,7,13-17,19H2. The zero-order valence-electron chi connectivity index (χ0n) is 20.4. The van der Waals surface area contributed by atoms with Crippen molar-refractivity contribution in [3.8, 4) is 0 Å². The molecule has 0 radical (unpaired) electrons. The number of aryl methyl sites for hydroxylation is 1. The largest absolute Gasteiger partial charge is 0.369 e. The summed E-state index contributed by atoms with van der Waals surface area (Å²) in [5.74, 6) is -0.124. The lowest BCUT2D eigenvalue weighted by atomic mass is 9.99. The van der Waals surface area contributed by atoms with Crippen molar-refractivity contribution < 1.29 is 19.3 Å².